The lowest BCUT2D eigenvalue weighted by Gasteiger charge is -2.09. The van der Waals surface area contributed by atoms with Gasteiger partial charge in [-0.3, -0.25) is 9.59 Å². The normalized spacial score (nSPS) is 14.7. The van der Waals surface area contributed by atoms with Crippen LogP contribution in [0.2, 0.25) is 0 Å². The molecule has 13 heavy (non-hydrogen) atoms. The molecular weight excluding hydrogens is 174 g/mol. The van der Waals surface area contributed by atoms with Gasteiger partial charge < -0.3 is 21.9 Å². The Morgan fingerprint density at radius 2 is 2.00 bits per heavy atom. The highest BCUT2D eigenvalue weighted by atomic mass is 16.4. The number of hydrogen-bond acceptors (Lipinski definition) is 4. The molecular formula is C7H15N3O3. The highest BCUT2D eigenvalue weighted by Gasteiger charge is 2.12. The number of aliphatic carboxylic acids is 1. The molecule has 2 atom stereocenters. The van der Waals surface area contributed by atoms with Crippen molar-refractivity contribution in [2.75, 3.05) is 6.54 Å². The molecule has 6 heteroatoms. The standard InChI is InChI=1S/C7H15N3O3/c1-4(8)6(11)10-3-2-5(9)7(12)13/h4-5H,2-3,8-9H2,1H3,(H,10,11)(H,12,13)/t4?,5-/m0/s1. The number of carboxylic acids is 1. The quantitative estimate of drug-likeness (QED) is 0.409. The molecule has 6 nitrogen and oxygen atoms in total. The van der Waals surface area contributed by atoms with Gasteiger partial charge in [0.1, 0.15) is 6.04 Å². The molecule has 0 aliphatic rings. The van der Waals surface area contributed by atoms with E-state index in [4.69, 9.17) is 16.6 Å². The highest BCUT2D eigenvalue weighted by molar-refractivity contribution is 5.81. The Hall–Kier alpha value is -1.14. The number of amides is 1. The van der Waals surface area contributed by atoms with Gasteiger partial charge in [-0.15, -0.1) is 0 Å². The smallest absolute Gasteiger partial charge is 0.320 e. The molecule has 0 spiro atoms. The topological polar surface area (TPSA) is 118 Å². The van der Waals surface area contributed by atoms with E-state index in [2.05, 4.69) is 5.32 Å². The number of rotatable bonds is 5. The molecule has 0 aliphatic heterocycles. The molecule has 1 amide bonds. The first-order valence-electron chi connectivity index (χ1n) is 3.97. The minimum absolute atomic E-state index is 0.202. The minimum Gasteiger partial charge on any atom is -0.480 e. The van der Waals surface area contributed by atoms with Crippen LogP contribution in [0.4, 0.5) is 0 Å². The molecule has 0 heterocycles. The van der Waals surface area contributed by atoms with E-state index in [1.165, 1.54) is 0 Å². The van der Waals surface area contributed by atoms with Gasteiger partial charge in [-0.25, -0.2) is 0 Å². The van der Waals surface area contributed by atoms with Crippen LogP contribution < -0.4 is 16.8 Å². The van der Waals surface area contributed by atoms with E-state index in [0.717, 1.165) is 0 Å². The summed E-state index contributed by atoms with van der Waals surface area (Å²) in [6, 6.07) is -1.52. The van der Waals surface area contributed by atoms with Crippen LogP contribution in [0.3, 0.4) is 0 Å². The van der Waals surface area contributed by atoms with Crippen LogP contribution in [0.15, 0.2) is 0 Å². The molecule has 1 unspecified atom stereocenters. The summed E-state index contributed by atoms with van der Waals surface area (Å²) in [4.78, 5) is 21.1. The lowest BCUT2D eigenvalue weighted by atomic mass is 10.2. The second-order valence-electron chi connectivity index (χ2n) is 2.81. The second-order valence-corrected chi connectivity index (χ2v) is 2.81. The van der Waals surface area contributed by atoms with Crippen LogP contribution in [0.25, 0.3) is 0 Å². The van der Waals surface area contributed by atoms with Gasteiger partial charge in [0.15, 0.2) is 0 Å². The molecule has 0 rings (SSSR count). The van der Waals surface area contributed by atoms with E-state index in [9.17, 15) is 9.59 Å². The van der Waals surface area contributed by atoms with E-state index in [0.29, 0.717) is 0 Å². The summed E-state index contributed by atoms with van der Waals surface area (Å²) < 4.78 is 0. The molecule has 0 fully saturated rings. The number of hydrogen-bond donors (Lipinski definition) is 4. The third-order valence-electron chi connectivity index (χ3n) is 1.49. The van der Waals surface area contributed by atoms with Crippen molar-refractivity contribution in [2.24, 2.45) is 11.5 Å². The molecule has 0 saturated carbocycles. The number of carbonyl (C=O) groups excluding carboxylic acids is 1. The Balaban J connectivity index is 3.56. The maximum atomic E-state index is 10.9. The third-order valence-corrected chi connectivity index (χ3v) is 1.49. The van der Waals surface area contributed by atoms with Crippen LogP contribution in [0.1, 0.15) is 13.3 Å². The predicted octanol–water partition coefficient (Wildman–Crippen LogP) is -1.75. The molecule has 0 aromatic rings. The maximum Gasteiger partial charge on any atom is 0.320 e. The Bertz CT molecular complexity index is 193. The van der Waals surface area contributed by atoms with Crippen molar-refractivity contribution in [2.45, 2.75) is 25.4 Å². The van der Waals surface area contributed by atoms with Gasteiger partial charge in [-0.05, 0) is 13.3 Å². The summed E-state index contributed by atoms with van der Waals surface area (Å²) in [5.41, 5.74) is 10.4. The monoisotopic (exact) mass is 189 g/mol. The second kappa shape index (κ2) is 5.50. The Kier molecular flexibility index (Phi) is 5.01. The number of nitrogens with two attached hydrogens (primary N) is 2. The minimum atomic E-state index is -1.07. The summed E-state index contributed by atoms with van der Waals surface area (Å²) in [6.45, 7) is 1.78. The molecule has 76 valence electrons. The van der Waals surface area contributed by atoms with Crippen LogP contribution in [0.5, 0.6) is 0 Å². The predicted molar refractivity (Wildman–Crippen MR) is 46.9 cm³/mol. The molecule has 0 saturated heterocycles. The van der Waals surface area contributed by atoms with E-state index < -0.39 is 18.1 Å². The van der Waals surface area contributed by atoms with Crippen molar-refractivity contribution < 1.29 is 14.7 Å². The van der Waals surface area contributed by atoms with Gasteiger partial charge in [0.05, 0.1) is 6.04 Å². The zero-order valence-electron chi connectivity index (χ0n) is 7.49. The van der Waals surface area contributed by atoms with E-state index in [1.807, 2.05) is 0 Å². The van der Waals surface area contributed by atoms with Crippen LogP contribution in [-0.2, 0) is 9.59 Å². The van der Waals surface area contributed by atoms with Crippen molar-refractivity contribution >= 4 is 11.9 Å². The van der Waals surface area contributed by atoms with Crippen molar-refractivity contribution in [1.82, 2.24) is 5.32 Å². The number of carboxylic acid groups (broad SMARTS) is 1. The average Bonchev–Trinajstić information content (AvgIpc) is 2.03. The fourth-order valence-electron chi connectivity index (χ4n) is 0.635. The molecule has 0 aromatic carbocycles. The van der Waals surface area contributed by atoms with Gasteiger partial charge in [-0.2, -0.15) is 0 Å². The lowest BCUT2D eigenvalue weighted by molar-refractivity contribution is -0.138. The van der Waals surface area contributed by atoms with Crippen LogP contribution in [-0.4, -0.2) is 35.6 Å². The third kappa shape index (κ3) is 5.15. The van der Waals surface area contributed by atoms with Crippen LogP contribution >= 0.6 is 0 Å². The first-order valence-corrected chi connectivity index (χ1v) is 3.97. The SMILES string of the molecule is CC(N)C(=O)NCC[C@H](N)C(=O)O. The van der Waals surface area contributed by atoms with Crippen molar-refractivity contribution in [3.05, 3.63) is 0 Å². The zero-order chi connectivity index (χ0) is 10.4. The van der Waals surface area contributed by atoms with Crippen molar-refractivity contribution in [3.63, 3.8) is 0 Å². The first-order chi connectivity index (χ1) is 5.95. The summed E-state index contributed by atoms with van der Waals surface area (Å²) >= 11 is 0. The first kappa shape index (κ1) is 11.9. The average molecular weight is 189 g/mol. The van der Waals surface area contributed by atoms with E-state index in [-0.39, 0.29) is 18.9 Å². The van der Waals surface area contributed by atoms with Gasteiger partial charge >= 0.3 is 5.97 Å². The van der Waals surface area contributed by atoms with Gasteiger partial charge in [0.25, 0.3) is 0 Å². The van der Waals surface area contributed by atoms with E-state index >= 15 is 0 Å². The fourth-order valence-corrected chi connectivity index (χ4v) is 0.635. The maximum absolute atomic E-state index is 10.9. The van der Waals surface area contributed by atoms with Gasteiger partial charge in [0.2, 0.25) is 5.91 Å². The summed E-state index contributed by atoms with van der Waals surface area (Å²) in [5, 5.41) is 10.9. The summed E-state index contributed by atoms with van der Waals surface area (Å²) in [5.74, 6) is -1.38. The molecule has 6 N–H and O–H groups in total. The molecule has 0 radical (unpaired) electrons. The van der Waals surface area contributed by atoms with Crippen LogP contribution in [0, 0.1) is 0 Å². The highest BCUT2D eigenvalue weighted by Crippen LogP contribution is 1.86. The Labute approximate surface area is 76.3 Å². The summed E-state index contributed by atoms with van der Waals surface area (Å²) in [6.07, 6.45) is 0.202. The fraction of sp³-hybridized carbons (Fsp3) is 0.714. The van der Waals surface area contributed by atoms with Crippen molar-refractivity contribution in [3.8, 4) is 0 Å². The van der Waals surface area contributed by atoms with Crippen molar-refractivity contribution in [1.29, 1.82) is 0 Å². The Morgan fingerprint density at radius 3 is 2.38 bits per heavy atom. The Morgan fingerprint density at radius 1 is 1.46 bits per heavy atom. The largest absolute Gasteiger partial charge is 0.480 e. The summed E-state index contributed by atoms with van der Waals surface area (Å²) in [7, 11) is 0. The molecule has 0 aromatic heterocycles. The molecule has 0 aliphatic carbocycles. The molecule has 0 bridgehead atoms. The van der Waals surface area contributed by atoms with Gasteiger partial charge in [0, 0.05) is 6.54 Å². The van der Waals surface area contributed by atoms with Gasteiger partial charge in [-0.1, -0.05) is 0 Å². The number of nitrogens with one attached hydrogen (secondary N) is 1. The zero-order valence-corrected chi connectivity index (χ0v) is 7.49. The van der Waals surface area contributed by atoms with E-state index in [1.54, 1.807) is 6.92 Å². The lowest BCUT2D eigenvalue weighted by Crippen LogP contribution is -2.41. The number of carbonyl (C=O) groups is 2.